The highest BCUT2D eigenvalue weighted by Gasteiger charge is 2.22. The van der Waals surface area contributed by atoms with E-state index in [4.69, 9.17) is 11.6 Å². The van der Waals surface area contributed by atoms with Gasteiger partial charge in [-0.3, -0.25) is 4.72 Å². The van der Waals surface area contributed by atoms with Crippen LogP contribution in [0.3, 0.4) is 0 Å². The summed E-state index contributed by atoms with van der Waals surface area (Å²) >= 11 is 5.97. The van der Waals surface area contributed by atoms with E-state index >= 15 is 0 Å². The number of carbonyl (C=O) groups is 1. The van der Waals surface area contributed by atoms with Crippen molar-refractivity contribution in [3.63, 3.8) is 0 Å². The molecule has 23 heavy (non-hydrogen) atoms. The third-order valence-electron chi connectivity index (χ3n) is 3.45. The number of carboxylic acids is 1. The number of rotatable bonds is 4. The quantitative estimate of drug-likeness (QED) is 0.876. The monoisotopic (exact) mass is 353 g/mol. The minimum absolute atomic E-state index is 0.0151. The largest absolute Gasteiger partial charge is 0.478 e. The van der Waals surface area contributed by atoms with Gasteiger partial charge in [0, 0.05) is 5.02 Å². The molecule has 0 radical (unpaired) electrons. The lowest BCUT2D eigenvalue weighted by Gasteiger charge is -2.15. The molecule has 5 nitrogen and oxygen atoms in total. The number of nitrogens with one attached hydrogen (secondary N) is 1. The first-order valence-corrected chi connectivity index (χ1v) is 8.62. The second kappa shape index (κ2) is 6.22. The summed E-state index contributed by atoms with van der Waals surface area (Å²) in [5.41, 5.74) is 1.64. The smallest absolute Gasteiger partial charge is 0.337 e. The van der Waals surface area contributed by atoms with Gasteiger partial charge in [-0.15, -0.1) is 0 Å². The molecule has 0 saturated heterocycles. The minimum atomic E-state index is -3.96. The molecule has 0 amide bonds. The molecule has 0 bridgehead atoms. The van der Waals surface area contributed by atoms with E-state index in [0.29, 0.717) is 16.1 Å². The van der Waals surface area contributed by atoms with E-state index in [2.05, 4.69) is 4.72 Å². The van der Waals surface area contributed by atoms with E-state index in [1.165, 1.54) is 18.2 Å². The lowest BCUT2D eigenvalue weighted by molar-refractivity contribution is 0.0698. The summed E-state index contributed by atoms with van der Waals surface area (Å²) < 4.78 is 27.6. The van der Waals surface area contributed by atoms with Crippen molar-refractivity contribution < 1.29 is 18.3 Å². The van der Waals surface area contributed by atoms with Gasteiger partial charge in [-0.05, 0) is 55.7 Å². The molecule has 0 heterocycles. The Kier molecular flexibility index (Phi) is 4.68. The molecule has 0 unspecified atom stereocenters. The molecule has 0 atom stereocenters. The van der Waals surface area contributed by atoms with Crippen molar-refractivity contribution in [1.82, 2.24) is 0 Å². The summed E-state index contributed by atoms with van der Waals surface area (Å²) in [5, 5.41) is 9.65. The standard InChI is InChI=1S/C16H16ClNO4S/c1-9-7-10(2)15(12(8-9)16(19)20)18-23(21,22)14-6-4-5-13(17)11(14)3/h4-8,18H,1-3H3,(H,19,20). The fourth-order valence-corrected chi connectivity index (χ4v) is 3.99. The second-order valence-electron chi connectivity index (χ2n) is 5.28. The van der Waals surface area contributed by atoms with Crippen molar-refractivity contribution in [2.24, 2.45) is 0 Å². The molecule has 2 rings (SSSR count). The van der Waals surface area contributed by atoms with Crippen LogP contribution >= 0.6 is 11.6 Å². The number of aromatic carboxylic acids is 1. The zero-order chi connectivity index (χ0) is 17.4. The summed E-state index contributed by atoms with van der Waals surface area (Å²) in [6.07, 6.45) is 0. The van der Waals surface area contributed by atoms with Crippen molar-refractivity contribution in [2.75, 3.05) is 4.72 Å². The summed E-state index contributed by atoms with van der Waals surface area (Å²) in [5.74, 6) is -1.20. The third-order valence-corrected chi connectivity index (χ3v) is 5.36. The van der Waals surface area contributed by atoms with Gasteiger partial charge in [-0.25, -0.2) is 13.2 Å². The molecule has 0 aliphatic rings. The second-order valence-corrected chi connectivity index (χ2v) is 7.34. The van der Waals surface area contributed by atoms with Crippen LogP contribution < -0.4 is 4.72 Å². The Labute approximate surface area is 140 Å². The summed E-state index contributed by atoms with van der Waals surface area (Å²) in [4.78, 5) is 11.4. The number of anilines is 1. The predicted molar refractivity (Wildman–Crippen MR) is 89.9 cm³/mol. The van der Waals surface area contributed by atoms with Crippen LogP contribution in [-0.4, -0.2) is 19.5 Å². The van der Waals surface area contributed by atoms with E-state index in [-0.39, 0.29) is 16.1 Å². The lowest BCUT2D eigenvalue weighted by atomic mass is 10.0. The number of hydrogen-bond acceptors (Lipinski definition) is 3. The van der Waals surface area contributed by atoms with E-state index in [9.17, 15) is 18.3 Å². The van der Waals surface area contributed by atoms with E-state index < -0.39 is 16.0 Å². The van der Waals surface area contributed by atoms with Gasteiger partial charge in [0.1, 0.15) is 0 Å². The zero-order valence-electron chi connectivity index (χ0n) is 12.8. The van der Waals surface area contributed by atoms with Crippen molar-refractivity contribution in [3.8, 4) is 0 Å². The number of halogens is 1. The highest BCUT2D eigenvalue weighted by atomic mass is 35.5. The Morgan fingerprint density at radius 3 is 2.43 bits per heavy atom. The Morgan fingerprint density at radius 1 is 1.17 bits per heavy atom. The molecule has 2 aromatic rings. The molecular weight excluding hydrogens is 338 g/mol. The number of sulfonamides is 1. The molecule has 0 aliphatic carbocycles. The lowest BCUT2D eigenvalue weighted by Crippen LogP contribution is -2.18. The van der Waals surface area contributed by atoms with Crippen LogP contribution in [0.15, 0.2) is 35.2 Å². The fourth-order valence-electron chi connectivity index (χ4n) is 2.34. The van der Waals surface area contributed by atoms with Crippen molar-refractivity contribution in [2.45, 2.75) is 25.7 Å². The van der Waals surface area contributed by atoms with Crippen LogP contribution in [0.4, 0.5) is 5.69 Å². The molecule has 0 aliphatic heterocycles. The maximum atomic E-state index is 12.6. The van der Waals surface area contributed by atoms with Crippen LogP contribution in [0.5, 0.6) is 0 Å². The number of hydrogen-bond donors (Lipinski definition) is 2. The average Bonchev–Trinajstić information content (AvgIpc) is 2.44. The molecule has 2 N–H and O–H groups in total. The van der Waals surface area contributed by atoms with Gasteiger partial charge in [0.25, 0.3) is 10.0 Å². The molecule has 7 heteroatoms. The molecule has 0 spiro atoms. The topological polar surface area (TPSA) is 83.5 Å². The number of aryl methyl sites for hydroxylation is 2. The molecule has 2 aromatic carbocycles. The van der Waals surface area contributed by atoms with Crippen molar-refractivity contribution in [3.05, 3.63) is 57.6 Å². The van der Waals surface area contributed by atoms with Gasteiger partial charge >= 0.3 is 5.97 Å². The number of carboxylic acid groups (broad SMARTS) is 1. The van der Waals surface area contributed by atoms with Crippen LogP contribution in [0.25, 0.3) is 0 Å². The maximum absolute atomic E-state index is 12.6. The first-order valence-electron chi connectivity index (χ1n) is 6.76. The van der Waals surface area contributed by atoms with Crippen LogP contribution in [0.2, 0.25) is 5.02 Å². The highest BCUT2D eigenvalue weighted by molar-refractivity contribution is 7.92. The van der Waals surface area contributed by atoms with Crippen molar-refractivity contribution in [1.29, 1.82) is 0 Å². The van der Waals surface area contributed by atoms with Crippen LogP contribution in [-0.2, 0) is 10.0 Å². The van der Waals surface area contributed by atoms with E-state index in [1.807, 2.05) is 0 Å². The average molecular weight is 354 g/mol. The third kappa shape index (κ3) is 3.48. The fraction of sp³-hybridized carbons (Fsp3) is 0.188. The Balaban J connectivity index is 2.58. The summed E-state index contributed by atoms with van der Waals surface area (Å²) in [6, 6.07) is 7.69. The SMILES string of the molecule is Cc1cc(C)c(NS(=O)(=O)c2cccc(Cl)c2C)c(C(=O)O)c1. The molecule has 0 fully saturated rings. The maximum Gasteiger partial charge on any atom is 0.337 e. The van der Waals surface area contributed by atoms with E-state index in [0.717, 1.165) is 5.56 Å². The van der Waals surface area contributed by atoms with Crippen LogP contribution in [0.1, 0.15) is 27.0 Å². The normalized spacial score (nSPS) is 11.3. The van der Waals surface area contributed by atoms with Gasteiger partial charge < -0.3 is 5.11 Å². The predicted octanol–water partition coefficient (Wildman–Crippen LogP) is 3.76. The minimum Gasteiger partial charge on any atom is -0.478 e. The zero-order valence-corrected chi connectivity index (χ0v) is 14.4. The Morgan fingerprint density at radius 2 is 1.83 bits per heavy atom. The van der Waals surface area contributed by atoms with Crippen molar-refractivity contribution >= 4 is 33.3 Å². The Bertz CT molecular complexity index is 891. The highest BCUT2D eigenvalue weighted by Crippen LogP contribution is 2.28. The Hall–Kier alpha value is -2.05. The summed E-state index contributed by atoms with van der Waals surface area (Å²) in [7, 11) is -3.96. The van der Waals surface area contributed by atoms with Gasteiger partial charge in [0.15, 0.2) is 0 Å². The molecular formula is C16H16ClNO4S. The number of benzene rings is 2. The molecule has 0 saturated carbocycles. The van der Waals surface area contributed by atoms with Crippen LogP contribution in [0, 0.1) is 20.8 Å². The first kappa shape index (κ1) is 17.3. The van der Waals surface area contributed by atoms with Gasteiger partial charge in [0.2, 0.25) is 0 Å². The van der Waals surface area contributed by atoms with Gasteiger partial charge in [0.05, 0.1) is 16.1 Å². The van der Waals surface area contributed by atoms with Gasteiger partial charge in [-0.1, -0.05) is 23.7 Å². The van der Waals surface area contributed by atoms with E-state index in [1.54, 1.807) is 32.9 Å². The van der Waals surface area contributed by atoms with Gasteiger partial charge in [-0.2, -0.15) is 0 Å². The summed E-state index contributed by atoms with van der Waals surface area (Å²) in [6.45, 7) is 5.00. The first-order chi connectivity index (χ1) is 10.6. The molecule has 0 aromatic heterocycles. The molecule has 122 valence electrons.